The van der Waals surface area contributed by atoms with Gasteiger partial charge in [0.15, 0.2) is 0 Å². The highest BCUT2D eigenvalue weighted by atomic mass is 16.5. The third-order valence-corrected chi connectivity index (χ3v) is 6.35. The number of aliphatic hydroxyl groups is 1. The van der Waals surface area contributed by atoms with Gasteiger partial charge in [0, 0.05) is 19.2 Å². The van der Waals surface area contributed by atoms with Crippen LogP contribution in [-0.4, -0.2) is 48.6 Å². The number of benzene rings is 3. The molecule has 192 valence electrons. The fourth-order valence-corrected chi connectivity index (χ4v) is 4.38. The largest absolute Gasteiger partial charge is 0.507 e. The summed E-state index contributed by atoms with van der Waals surface area (Å²) < 4.78 is 16.7. The molecule has 1 aliphatic rings. The van der Waals surface area contributed by atoms with Gasteiger partial charge in [0.1, 0.15) is 23.9 Å². The Labute approximate surface area is 216 Å². The number of Topliss-reactive ketones (excluding diaryl/α,β-unsaturated/α-hetero) is 1. The van der Waals surface area contributed by atoms with Gasteiger partial charge in [-0.2, -0.15) is 0 Å². The Morgan fingerprint density at radius 3 is 2.41 bits per heavy atom. The normalized spacial score (nSPS) is 16.7. The van der Waals surface area contributed by atoms with Crippen molar-refractivity contribution in [3.05, 3.63) is 101 Å². The van der Waals surface area contributed by atoms with Crippen LogP contribution in [0.5, 0.6) is 11.5 Å². The van der Waals surface area contributed by atoms with E-state index in [9.17, 15) is 14.7 Å². The molecule has 1 fully saturated rings. The van der Waals surface area contributed by atoms with Crippen molar-refractivity contribution in [3.8, 4) is 11.5 Å². The average Bonchev–Trinajstić information content (AvgIpc) is 3.16. The molecular weight excluding hydrogens is 470 g/mol. The average molecular weight is 502 g/mol. The molecule has 0 aliphatic carbocycles. The lowest BCUT2D eigenvalue weighted by Gasteiger charge is -2.25. The predicted molar refractivity (Wildman–Crippen MR) is 140 cm³/mol. The predicted octanol–water partition coefficient (Wildman–Crippen LogP) is 5.04. The molecule has 4 rings (SSSR count). The van der Waals surface area contributed by atoms with Gasteiger partial charge in [-0.3, -0.25) is 9.59 Å². The Hall–Kier alpha value is -4.10. The number of amides is 1. The second-order valence-electron chi connectivity index (χ2n) is 8.73. The molecule has 3 aromatic rings. The molecule has 7 heteroatoms. The molecular formula is C30H31NO6. The van der Waals surface area contributed by atoms with Gasteiger partial charge in [-0.1, -0.05) is 48.5 Å². The lowest BCUT2D eigenvalue weighted by Crippen LogP contribution is -2.32. The van der Waals surface area contributed by atoms with Gasteiger partial charge in [0.25, 0.3) is 11.7 Å². The molecule has 0 radical (unpaired) electrons. The minimum absolute atomic E-state index is 0.0309. The third kappa shape index (κ3) is 5.67. The molecule has 1 saturated heterocycles. The third-order valence-electron chi connectivity index (χ3n) is 6.35. The number of ketones is 1. The molecule has 0 bridgehead atoms. The molecule has 1 amide bonds. The summed E-state index contributed by atoms with van der Waals surface area (Å²) in [6.45, 7) is 5.24. The minimum Gasteiger partial charge on any atom is -0.507 e. The van der Waals surface area contributed by atoms with Crippen LogP contribution in [0.4, 0.5) is 0 Å². The highest BCUT2D eigenvalue weighted by Gasteiger charge is 2.45. The number of nitrogens with zero attached hydrogens (tertiary/aromatic N) is 1. The zero-order valence-corrected chi connectivity index (χ0v) is 21.3. The van der Waals surface area contributed by atoms with E-state index in [0.717, 1.165) is 11.1 Å². The molecule has 1 atom stereocenters. The van der Waals surface area contributed by atoms with Crippen LogP contribution in [0.15, 0.2) is 78.4 Å². The fourth-order valence-electron chi connectivity index (χ4n) is 4.38. The van der Waals surface area contributed by atoms with E-state index in [4.69, 9.17) is 14.2 Å². The van der Waals surface area contributed by atoms with E-state index in [1.54, 1.807) is 36.4 Å². The first-order valence-electron chi connectivity index (χ1n) is 12.2. The summed E-state index contributed by atoms with van der Waals surface area (Å²) in [4.78, 5) is 27.6. The van der Waals surface area contributed by atoms with Gasteiger partial charge >= 0.3 is 0 Å². The number of methoxy groups -OCH3 is 1. The first-order chi connectivity index (χ1) is 17.9. The number of hydrogen-bond acceptors (Lipinski definition) is 6. The van der Waals surface area contributed by atoms with Gasteiger partial charge in [-0.15, -0.1) is 0 Å². The summed E-state index contributed by atoms with van der Waals surface area (Å²) in [5.41, 5.74) is 3.35. The van der Waals surface area contributed by atoms with Crippen LogP contribution in [0.3, 0.4) is 0 Å². The maximum absolute atomic E-state index is 13.1. The van der Waals surface area contributed by atoms with Crippen LogP contribution in [0.1, 0.15) is 35.2 Å². The standard InChI is InChI=1S/C30H31NO6/c1-4-36-25-11-7-10-22(18-25)28(32)26-27(31(16-17-35-3)30(34)29(26)33)21-12-14-24(15-13-21)37-19-23-9-6-5-8-20(23)2/h5-15,18,27,32H,4,16-17,19H2,1-3H3/b28-26-. The number of ether oxygens (including phenoxy) is 3. The smallest absolute Gasteiger partial charge is 0.295 e. The molecule has 0 saturated carbocycles. The van der Waals surface area contributed by atoms with E-state index in [-0.39, 0.29) is 24.5 Å². The quantitative estimate of drug-likeness (QED) is 0.238. The Bertz CT molecular complexity index is 1300. The Morgan fingerprint density at radius 2 is 1.70 bits per heavy atom. The van der Waals surface area contributed by atoms with Crippen molar-refractivity contribution in [3.63, 3.8) is 0 Å². The first-order valence-corrected chi connectivity index (χ1v) is 12.2. The molecule has 1 unspecified atom stereocenters. The van der Waals surface area contributed by atoms with Crippen LogP contribution >= 0.6 is 0 Å². The molecule has 1 heterocycles. The van der Waals surface area contributed by atoms with Crippen molar-refractivity contribution >= 4 is 17.4 Å². The lowest BCUT2D eigenvalue weighted by molar-refractivity contribution is -0.140. The van der Waals surface area contributed by atoms with Gasteiger partial charge < -0.3 is 24.2 Å². The number of aliphatic hydroxyl groups excluding tert-OH is 1. The van der Waals surface area contributed by atoms with Crippen LogP contribution < -0.4 is 9.47 Å². The van der Waals surface area contributed by atoms with E-state index < -0.39 is 17.7 Å². The second kappa shape index (κ2) is 11.8. The molecule has 37 heavy (non-hydrogen) atoms. The Kier molecular flexibility index (Phi) is 8.25. The number of carbonyl (C=O) groups excluding carboxylic acids is 2. The zero-order chi connectivity index (χ0) is 26.4. The minimum atomic E-state index is -0.767. The van der Waals surface area contributed by atoms with Crippen molar-refractivity contribution in [2.75, 3.05) is 26.9 Å². The lowest BCUT2D eigenvalue weighted by atomic mass is 9.95. The molecule has 1 N–H and O–H groups in total. The van der Waals surface area contributed by atoms with Crippen molar-refractivity contribution in [2.45, 2.75) is 26.5 Å². The second-order valence-corrected chi connectivity index (χ2v) is 8.73. The molecule has 0 aromatic heterocycles. The summed E-state index contributed by atoms with van der Waals surface area (Å²) in [5, 5.41) is 11.2. The summed E-state index contributed by atoms with van der Waals surface area (Å²) in [6, 6.07) is 21.3. The topological polar surface area (TPSA) is 85.3 Å². The number of likely N-dealkylation sites (tertiary alicyclic amines) is 1. The van der Waals surface area contributed by atoms with Gasteiger partial charge in [-0.25, -0.2) is 0 Å². The summed E-state index contributed by atoms with van der Waals surface area (Å²) in [7, 11) is 1.53. The van der Waals surface area contributed by atoms with Gasteiger partial charge in [-0.05, 0) is 54.8 Å². The van der Waals surface area contributed by atoms with E-state index in [1.807, 2.05) is 50.2 Å². The van der Waals surface area contributed by atoms with Crippen molar-refractivity contribution in [1.29, 1.82) is 0 Å². The molecule has 3 aromatic carbocycles. The SMILES string of the molecule is CCOc1cccc(/C(O)=C2/C(=O)C(=O)N(CCOC)C2c2ccc(OCc3ccccc3C)cc2)c1. The van der Waals surface area contributed by atoms with E-state index in [1.165, 1.54) is 12.0 Å². The summed E-state index contributed by atoms with van der Waals surface area (Å²) in [6.07, 6.45) is 0. The highest BCUT2D eigenvalue weighted by Crippen LogP contribution is 2.40. The van der Waals surface area contributed by atoms with Crippen molar-refractivity contribution < 1.29 is 28.9 Å². The van der Waals surface area contributed by atoms with Crippen LogP contribution in [0.2, 0.25) is 0 Å². The van der Waals surface area contributed by atoms with E-state index in [0.29, 0.717) is 35.8 Å². The van der Waals surface area contributed by atoms with Crippen molar-refractivity contribution in [1.82, 2.24) is 4.90 Å². The Balaban J connectivity index is 1.68. The monoisotopic (exact) mass is 501 g/mol. The van der Waals surface area contributed by atoms with Crippen LogP contribution in [0, 0.1) is 6.92 Å². The van der Waals surface area contributed by atoms with E-state index in [2.05, 4.69) is 0 Å². The molecule has 0 spiro atoms. The number of rotatable bonds is 10. The number of aryl methyl sites for hydroxylation is 1. The van der Waals surface area contributed by atoms with Gasteiger partial charge in [0.05, 0.1) is 24.8 Å². The van der Waals surface area contributed by atoms with Crippen molar-refractivity contribution in [2.24, 2.45) is 0 Å². The zero-order valence-electron chi connectivity index (χ0n) is 21.3. The summed E-state index contributed by atoms with van der Waals surface area (Å²) in [5.74, 6) is -0.438. The molecule has 1 aliphatic heterocycles. The van der Waals surface area contributed by atoms with Crippen LogP contribution in [0.25, 0.3) is 5.76 Å². The Morgan fingerprint density at radius 1 is 0.946 bits per heavy atom. The number of carbonyl (C=O) groups is 2. The molecule has 7 nitrogen and oxygen atoms in total. The maximum atomic E-state index is 13.1. The van der Waals surface area contributed by atoms with Gasteiger partial charge in [0.2, 0.25) is 0 Å². The maximum Gasteiger partial charge on any atom is 0.295 e. The van der Waals surface area contributed by atoms with E-state index >= 15 is 0 Å². The number of hydrogen-bond donors (Lipinski definition) is 1. The van der Waals surface area contributed by atoms with Crippen LogP contribution in [-0.2, 0) is 20.9 Å². The highest BCUT2D eigenvalue weighted by molar-refractivity contribution is 6.46. The fraction of sp³-hybridized carbons (Fsp3) is 0.267. The first kappa shape index (κ1) is 26.0. The summed E-state index contributed by atoms with van der Waals surface area (Å²) >= 11 is 0.